The van der Waals surface area contributed by atoms with Gasteiger partial charge in [-0.1, -0.05) is 27.7 Å². The Morgan fingerprint density at radius 3 is 2.20 bits per heavy atom. The Labute approximate surface area is 92.7 Å². The van der Waals surface area contributed by atoms with Gasteiger partial charge in [-0.25, -0.2) is 0 Å². The summed E-state index contributed by atoms with van der Waals surface area (Å²) in [6.45, 7) is 11.9. The molecule has 1 saturated heterocycles. The molecule has 1 aliphatic carbocycles. The Kier molecular flexibility index (Phi) is 2.61. The van der Waals surface area contributed by atoms with Gasteiger partial charge >= 0.3 is 0 Å². The van der Waals surface area contributed by atoms with Gasteiger partial charge in [0, 0.05) is 24.5 Å². The number of hydrogen-bond acceptors (Lipinski definition) is 3. The smallest absolute Gasteiger partial charge is 0.0621 e. The summed E-state index contributed by atoms with van der Waals surface area (Å²) in [5.41, 5.74) is 6.78. The van der Waals surface area contributed by atoms with E-state index in [1.165, 1.54) is 0 Å². The van der Waals surface area contributed by atoms with Gasteiger partial charge in [0.05, 0.1) is 13.2 Å². The zero-order chi connectivity index (χ0) is 11.3. The molecule has 1 heterocycles. The molecule has 2 unspecified atom stereocenters. The molecule has 3 heteroatoms. The molecule has 0 amide bonds. The minimum Gasteiger partial charge on any atom is -0.379 e. The SMILES string of the molecule is CC1(C)C(NCC2COCC2N)C1(C)C. The molecule has 0 spiro atoms. The van der Waals surface area contributed by atoms with Gasteiger partial charge < -0.3 is 15.8 Å². The monoisotopic (exact) mass is 212 g/mol. The van der Waals surface area contributed by atoms with Crippen molar-refractivity contribution in [3.63, 3.8) is 0 Å². The van der Waals surface area contributed by atoms with Crippen LogP contribution in [-0.4, -0.2) is 31.8 Å². The minimum absolute atomic E-state index is 0.225. The molecule has 1 aliphatic heterocycles. The third-order valence-electron chi connectivity index (χ3n) is 4.85. The first-order valence-electron chi connectivity index (χ1n) is 5.94. The van der Waals surface area contributed by atoms with Crippen molar-refractivity contribution in [3.05, 3.63) is 0 Å². The lowest BCUT2D eigenvalue weighted by Gasteiger charge is -2.15. The zero-order valence-electron chi connectivity index (χ0n) is 10.3. The van der Waals surface area contributed by atoms with E-state index in [1.54, 1.807) is 0 Å². The average molecular weight is 212 g/mol. The van der Waals surface area contributed by atoms with Crippen LogP contribution in [0.25, 0.3) is 0 Å². The summed E-state index contributed by atoms with van der Waals surface area (Å²) in [4.78, 5) is 0. The average Bonchev–Trinajstić information content (AvgIpc) is 2.49. The van der Waals surface area contributed by atoms with Crippen LogP contribution in [0.15, 0.2) is 0 Å². The lowest BCUT2D eigenvalue weighted by Crippen LogP contribution is -2.38. The quantitative estimate of drug-likeness (QED) is 0.733. The molecule has 1 saturated carbocycles. The van der Waals surface area contributed by atoms with E-state index in [1.807, 2.05) is 0 Å². The van der Waals surface area contributed by atoms with Crippen molar-refractivity contribution in [3.8, 4) is 0 Å². The van der Waals surface area contributed by atoms with E-state index in [0.717, 1.165) is 19.8 Å². The van der Waals surface area contributed by atoms with E-state index in [-0.39, 0.29) is 6.04 Å². The van der Waals surface area contributed by atoms with E-state index >= 15 is 0 Å². The topological polar surface area (TPSA) is 47.3 Å². The molecular formula is C12H24N2O. The van der Waals surface area contributed by atoms with Gasteiger partial charge in [-0.3, -0.25) is 0 Å². The van der Waals surface area contributed by atoms with Crippen molar-refractivity contribution >= 4 is 0 Å². The summed E-state index contributed by atoms with van der Waals surface area (Å²) in [6.07, 6.45) is 0. The molecule has 0 aromatic heterocycles. The second-order valence-electron chi connectivity index (χ2n) is 6.25. The summed E-state index contributed by atoms with van der Waals surface area (Å²) < 4.78 is 5.36. The third-order valence-corrected chi connectivity index (χ3v) is 4.85. The molecule has 0 radical (unpaired) electrons. The van der Waals surface area contributed by atoms with Crippen LogP contribution in [0.3, 0.4) is 0 Å². The van der Waals surface area contributed by atoms with Gasteiger partial charge in [-0.2, -0.15) is 0 Å². The maximum atomic E-state index is 5.96. The molecule has 88 valence electrons. The van der Waals surface area contributed by atoms with Crippen molar-refractivity contribution < 1.29 is 4.74 Å². The summed E-state index contributed by atoms with van der Waals surface area (Å²) in [6, 6.07) is 0.847. The highest BCUT2D eigenvalue weighted by molar-refractivity contribution is 5.17. The third kappa shape index (κ3) is 1.71. The van der Waals surface area contributed by atoms with Crippen LogP contribution in [0.1, 0.15) is 27.7 Å². The molecule has 2 fully saturated rings. The first kappa shape index (κ1) is 11.4. The standard InChI is InChI=1S/C12H24N2O/c1-11(2)10(12(11,3)4)14-5-8-6-15-7-9(8)13/h8-10,14H,5-7,13H2,1-4H3. The molecule has 3 nitrogen and oxygen atoms in total. The van der Waals surface area contributed by atoms with Crippen molar-refractivity contribution in [2.75, 3.05) is 19.8 Å². The number of rotatable bonds is 3. The molecule has 0 bridgehead atoms. The highest BCUT2D eigenvalue weighted by Crippen LogP contribution is 2.62. The Balaban J connectivity index is 1.81. The molecule has 2 aliphatic rings. The minimum atomic E-state index is 0.225. The Morgan fingerprint density at radius 2 is 1.80 bits per heavy atom. The van der Waals surface area contributed by atoms with E-state index in [4.69, 9.17) is 10.5 Å². The normalized spacial score (nSPS) is 38.2. The van der Waals surface area contributed by atoms with Gasteiger partial charge in [0.15, 0.2) is 0 Å². The molecule has 15 heavy (non-hydrogen) atoms. The number of nitrogens with two attached hydrogens (primary N) is 1. The second-order valence-corrected chi connectivity index (χ2v) is 6.25. The Hall–Kier alpha value is -0.120. The van der Waals surface area contributed by atoms with Crippen molar-refractivity contribution in [1.82, 2.24) is 5.32 Å². The van der Waals surface area contributed by atoms with Crippen LogP contribution in [0.5, 0.6) is 0 Å². The predicted molar refractivity (Wildman–Crippen MR) is 61.6 cm³/mol. The van der Waals surface area contributed by atoms with E-state index in [2.05, 4.69) is 33.0 Å². The number of ether oxygens (including phenoxy) is 1. The zero-order valence-corrected chi connectivity index (χ0v) is 10.3. The van der Waals surface area contributed by atoms with Crippen LogP contribution < -0.4 is 11.1 Å². The Morgan fingerprint density at radius 1 is 1.20 bits per heavy atom. The molecule has 3 N–H and O–H groups in total. The summed E-state index contributed by atoms with van der Waals surface area (Å²) in [5.74, 6) is 0.497. The number of hydrogen-bond donors (Lipinski definition) is 2. The summed E-state index contributed by atoms with van der Waals surface area (Å²) in [5, 5.41) is 3.65. The highest BCUT2D eigenvalue weighted by Gasteiger charge is 2.64. The first-order valence-corrected chi connectivity index (χ1v) is 5.94. The second kappa shape index (κ2) is 3.44. The fourth-order valence-corrected chi connectivity index (χ4v) is 2.80. The van der Waals surface area contributed by atoms with Crippen molar-refractivity contribution in [2.45, 2.75) is 39.8 Å². The van der Waals surface area contributed by atoms with Crippen LogP contribution >= 0.6 is 0 Å². The maximum absolute atomic E-state index is 5.96. The van der Waals surface area contributed by atoms with Crippen LogP contribution in [-0.2, 0) is 4.74 Å². The van der Waals surface area contributed by atoms with Gasteiger partial charge in [-0.15, -0.1) is 0 Å². The molecular weight excluding hydrogens is 188 g/mol. The number of nitrogens with one attached hydrogen (secondary N) is 1. The predicted octanol–water partition coefficient (Wildman–Crippen LogP) is 0.984. The summed E-state index contributed by atoms with van der Waals surface area (Å²) in [7, 11) is 0. The van der Waals surface area contributed by atoms with Crippen LogP contribution in [0.4, 0.5) is 0 Å². The largest absolute Gasteiger partial charge is 0.379 e. The van der Waals surface area contributed by atoms with Gasteiger partial charge in [0.1, 0.15) is 0 Å². The fourth-order valence-electron chi connectivity index (χ4n) is 2.80. The Bertz CT molecular complexity index is 236. The maximum Gasteiger partial charge on any atom is 0.0621 e. The molecule has 2 rings (SSSR count). The highest BCUT2D eigenvalue weighted by atomic mass is 16.5. The van der Waals surface area contributed by atoms with Crippen LogP contribution in [0, 0.1) is 16.7 Å². The van der Waals surface area contributed by atoms with E-state index < -0.39 is 0 Å². The lowest BCUT2D eigenvalue weighted by molar-refractivity contribution is 0.183. The summed E-state index contributed by atoms with van der Waals surface area (Å²) >= 11 is 0. The fraction of sp³-hybridized carbons (Fsp3) is 1.00. The lowest BCUT2D eigenvalue weighted by atomic mass is 10.0. The van der Waals surface area contributed by atoms with E-state index in [9.17, 15) is 0 Å². The molecule has 0 aromatic rings. The first-order chi connectivity index (χ1) is 6.87. The van der Waals surface area contributed by atoms with E-state index in [0.29, 0.717) is 22.8 Å². The molecule has 0 aromatic carbocycles. The van der Waals surface area contributed by atoms with Gasteiger partial charge in [0.2, 0.25) is 0 Å². The van der Waals surface area contributed by atoms with Gasteiger partial charge in [-0.05, 0) is 10.8 Å². The van der Waals surface area contributed by atoms with Crippen molar-refractivity contribution in [2.24, 2.45) is 22.5 Å². The van der Waals surface area contributed by atoms with Crippen molar-refractivity contribution in [1.29, 1.82) is 0 Å². The van der Waals surface area contributed by atoms with Crippen LogP contribution in [0.2, 0.25) is 0 Å². The molecule has 2 atom stereocenters. The van der Waals surface area contributed by atoms with Gasteiger partial charge in [0.25, 0.3) is 0 Å².